The minimum absolute atomic E-state index is 0.104. The van der Waals surface area contributed by atoms with Crippen LogP contribution in [0.1, 0.15) is 55.2 Å². The molecule has 1 amide bonds. The smallest absolute Gasteiger partial charge is 0.253 e. The normalized spacial score (nSPS) is 20.9. The monoisotopic (exact) mass is 419 g/mol. The van der Waals surface area contributed by atoms with Crippen LogP contribution in [0.15, 0.2) is 67.3 Å². The van der Waals surface area contributed by atoms with Crippen LogP contribution in [0.2, 0.25) is 0 Å². The zero-order valence-electron chi connectivity index (χ0n) is 19.5. The number of rotatable bonds is 8. The predicted molar refractivity (Wildman–Crippen MR) is 129 cm³/mol. The molecular weight excluding hydrogens is 382 g/mol. The molecule has 4 heteroatoms. The molecule has 1 aliphatic heterocycles. The second-order valence-electron chi connectivity index (χ2n) is 8.55. The van der Waals surface area contributed by atoms with Crippen LogP contribution < -0.4 is 0 Å². The molecule has 0 saturated carbocycles. The molecule has 0 spiro atoms. The summed E-state index contributed by atoms with van der Waals surface area (Å²) in [4.78, 5) is 19.7. The van der Waals surface area contributed by atoms with E-state index in [4.69, 9.17) is 0 Å². The molecule has 1 saturated heterocycles. The van der Waals surface area contributed by atoms with E-state index in [1.54, 1.807) is 0 Å². The van der Waals surface area contributed by atoms with Crippen molar-refractivity contribution in [1.29, 1.82) is 0 Å². The van der Waals surface area contributed by atoms with Gasteiger partial charge in [-0.1, -0.05) is 48.5 Å². The van der Waals surface area contributed by atoms with Gasteiger partial charge in [-0.2, -0.15) is 0 Å². The van der Waals surface area contributed by atoms with Gasteiger partial charge in [0, 0.05) is 50.4 Å². The molecule has 0 unspecified atom stereocenters. The summed E-state index contributed by atoms with van der Waals surface area (Å²) in [5, 5.41) is 0. The van der Waals surface area contributed by atoms with Gasteiger partial charge in [-0.25, -0.2) is 0 Å². The summed E-state index contributed by atoms with van der Waals surface area (Å²) in [7, 11) is 0. The van der Waals surface area contributed by atoms with E-state index in [0.29, 0.717) is 12.1 Å². The molecule has 0 N–H and O–H groups in total. The number of hydrogen-bond donors (Lipinski definition) is 0. The second-order valence-corrected chi connectivity index (χ2v) is 8.55. The lowest BCUT2D eigenvalue weighted by molar-refractivity contribution is 0.0306. The van der Waals surface area contributed by atoms with E-state index in [1.807, 2.05) is 37.0 Å². The van der Waals surface area contributed by atoms with E-state index in [1.165, 1.54) is 11.1 Å². The summed E-state index contributed by atoms with van der Waals surface area (Å²) in [5.41, 5.74) is 3.29. The zero-order valence-corrected chi connectivity index (χ0v) is 19.5. The average molecular weight is 420 g/mol. The number of nitrogens with zero attached hydrogens (tertiary/aromatic N) is 3. The van der Waals surface area contributed by atoms with Crippen LogP contribution in [0.25, 0.3) is 0 Å². The molecule has 3 rings (SSSR count). The fourth-order valence-electron chi connectivity index (χ4n) is 4.72. The molecule has 3 atom stereocenters. The van der Waals surface area contributed by atoms with Gasteiger partial charge in [0.2, 0.25) is 0 Å². The fourth-order valence-corrected chi connectivity index (χ4v) is 4.72. The lowest BCUT2D eigenvalue weighted by atomic mass is 9.93. The van der Waals surface area contributed by atoms with Gasteiger partial charge in [0.25, 0.3) is 5.91 Å². The third-order valence-corrected chi connectivity index (χ3v) is 6.50. The average Bonchev–Trinajstić information content (AvgIpc) is 2.79. The van der Waals surface area contributed by atoms with E-state index in [2.05, 4.69) is 72.7 Å². The van der Waals surface area contributed by atoms with Crippen LogP contribution >= 0.6 is 0 Å². The maximum Gasteiger partial charge on any atom is 0.253 e. The summed E-state index contributed by atoms with van der Waals surface area (Å²) < 4.78 is 0. The molecule has 31 heavy (non-hydrogen) atoms. The highest BCUT2D eigenvalue weighted by molar-refractivity contribution is 5.94. The first kappa shape index (κ1) is 23.2. The second kappa shape index (κ2) is 10.7. The van der Waals surface area contributed by atoms with E-state index >= 15 is 0 Å². The Morgan fingerprint density at radius 3 is 2.19 bits per heavy atom. The van der Waals surface area contributed by atoms with Crippen LogP contribution in [0, 0.1) is 0 Å². The molecule has 0 aliphatic carbocycles. The van der Waals surface area contributed by atoms with Gasteiger partial charge in [-0.05, 0) is 51.0 Å². The third-order valence-electron chi connectivity index (χ3n) is 6.50. The van der Waals surface area contributed by atoms with Crippen molar-refractivity contribution >= 4 is 5.91 Å². The van der Waals surface area contributed by atoms with E-state index in [9.17, 15) is 4.79 Å². The maximum absolute atomic E-state index is 12.8. The lowest BCUT2D eigenvalue weighted by Crippen LogP contribution is -2.57. The zero-order chi connectivity index (χ0) is 22.4. The molecule has 4 nitrogen and oxygen atoms in total. The van der Waals surface area contributed by atoms with Crippen molar-refractivity contribution in [1.82, 2.24) is 14.7 Å². The minimum atomic E-state index is 0.104. The quantitative estimate of drug-likeness (QED) is 0.573. The molecule has 0 aromatic heterocycles. The van der Waals surface area contributed by atoms with Crippen LogP contribution in [0.5, 0.6) is 0 Å². The first-order chi connectivity index (χ1) is 15.0. The first-order valence-electron chi connectivity index (χ1n) is 11.5. The predicted octanol–water partition coefficient (Wildman–Crippen LogP) is 4.84. The van der Waals surface area contributed by atoms with Crippen molar-refractivity contribution < 1.29 is 4.79 Å². The largest absolute Gasteiger partial charge is 0.339 e. The molecule has 0 radical (unpaired) electrons. The molecule has 1 fully saturated rings. The summed E-state index contributed by atoms with van der Waals surface area (Å²) in [5.74, 6) is 0.104. The van der Waals surface area contributed by atoms with Gasteiger partial charge in [0.1, 0.15) is 0 Å². The van der Waals surface area contributed by atoms with Gasteiger partial charge >= 0.3 is 0 Å². The van der Waals surface area contributed by atoms with Gasteiger partial charge in [-0.15, -0.1) is 6.58 Å². The molecule has 1 heterocycles. The van der Waals surface area contributed by atoms with Crippen LogP contribution in [0.3, 0.4) is 0 Å². The molecular formula is C27H37N3O. The van der Waals surface area contributed by atoms with Gasteiger partial charge in [0.15, 0.2) is 0 Å². The number of benzene rings is 2. The van der Waals surface area contributed by atoms with E-state index in [0.717, 1.165) is 38.3 Å². The van der Waals surface area contributed by atoms with E-state index < -0.39 is 0 Å². The number of amides is 1. The Morgan fingerprint density at radius 2 is 1.61 bits per heavy atom. The highest BCUT2D eigenvalue weighted by Gasteiger charge is 2.34. The topological polar surface area (TPSA) is 26.8 Å². The number of carbonyl (C=O) groups excluding carboxylic acids is 1. The third kappa shape index (κ3) is 5.25. The Balaban J connectivity index is 1.92. The van der Waals surface area contributed by atoms with E-state index in [-0.39, 0.29) is 11.9 Å². The molecule has 0 bridgehead atoms. The van der Waals surface area contributed by atoms with Crippen molar-refractivity contribution in [3.8, 4) is 0 Å². The summed E-state index contributed by atoms with van der Waals surface area (Å²) >= 11 is 0. The van der Waals surface area contributed by atoms with Gasteiger partial charge in [-0.3, -0.25) is 14.6 Å². The Bertz CT molecular complexity index is 845. The van der Waals surface area contributed by atoms with Crippen LogP contribution in [-0.2, 0) is 0 Å². The highest BCUT2D eigenvalue weighted by Crippen LogP contribution is 2.33. The Hall–Kier alpha value is -2.43. The van der Waals surface area contributed by atoms with Gasteiger partial charge < -0.3 is 4.90 Å². The Labute approximate surface area is 188 Å². The number of piperazine rings is 1. The SMILES string of the molecule is C=CCN1C[C@H](C)N([C@H](c2ccccc2)c2ccc(C(=O)N(CC)CC)cc2)C[C@H]1C. The molecule has 2 aromatic carbocycles. The summed E-state index contributed by atoms with van der Waals surface area (Å²) in [6, 6.07) is 20.0. The number of carbonyl (C=O) groups is 1. The first-order valence-corrected chi connectivity index (χ1v) is 11.5. The van der Waals surface area contributed by atoms with Crippen LogP contribution in [0.4, 0.5) is 0 Å². The summed E-state index contributed by atoms with van der Waals surface area (Å²) in [6.45, 7) is 17.0. The van der Waals surface area contributed by atoms with Gasteiger partial charge in [0.05, 0.1) is 6.04 Å². The fraction of sp³-hybridized carbons (Fsp3) is 0.444. The van der Waals surface area contributed by atoms with Crippen molar-refractivity contribution in [2.45, 2.75) is 45.8 Å². The van der Waals surface area contributed by atoms with Crippen molar-refractivity contribution in [3.63, 3.8) is 0 Å². The number of hydrogen-bond acceptors (Lipinski definition) is 3. The molecule has 166 valence electrons. The van der Waals surface area contributed by atoms with Crippen molar-refractivity contribution in [2.24, 2.45) is 0 Å². The maximum atomic E-state index is 12.8. The Kier molecular flexibility index (Phi) is 8.05. The van der Waals surface area contributed by atoms with Crippen molar-refractivity contribution in [3.05, 3.63) is 83.9 Å². The lowest BCUT2D eigenvalue weighted by Gasteiger charge is -2.47. The standard InChI is InChI=1S/C27H37N3O/c1-6-18-29-19-22(5)30(20-21(29)4)26(23-12-10-9-11-13-23)24-14-16-25(17-15-24)27(31)28(7-2)8-3/h6,9-17,21-22,26H,1,7-8,18-20H2,2-5H3/t21-,22+,26-/m1/s1. The van der Waals surface area contributed by atoms with Crippen LogP contribution in [-0.4, -0.2) is 65.4 Å². The highest BCUT2D eigenvalue weighted by atomic mass is 16.2. The van der Waals surface area contributed by atoms with Crippen molar-refractivity contribution in [2.75, 3.05) is 32.7 Å². The molecule has 2 aromatic rings. The summed E-state index contributed by atoms with van der Waals surface area (Å²) in [6.07, 6.45) is 2.00. The molecule has 1 aliphatic rings. The Morgan fingerprint density at radius 1 is 1.00 bits per heavy atom. The minimum Gasteiger partial charge on any atom is -0.339 e.